The van der Waals surface area contributed by atoms with Crippen LogP contribution in [0.4, 0.5) is 11.5 Å². The van der Waals surface area contributed by atoms with Crippen LogP contribution in [0.2, 0.25) is 0 Å². The van der Waals surface area contributed by atoms with Crippen molar-refractivity contribution in [1.82, 2.24) is 9.97 Å². The molecule has 0 saturated carbocycles. The minimum Gasteiger partial charge on any atom is -0.376 e. The molecule has 1 aromatic heterocycles. The van der Waals surface area contributed by atoms with E-state index >= 15 is 0 Å². The topological polar surface area (TPSA) is 76.1 Å². The van der Waals surface area contributed by atoms with Gasteiger partial charge in [-0.3, -0.25) is 4.79 Å². The molecule has 2 heterocycles. The van der Waals surface area contributed by atoms with Gasteiger partial charge in [-0.2, -0.15) is 0 Å². The highest BCUT2D eigenvalue weighted by Gasteiger charge is 2.15. The average molecular weight is 377 g/mol. The molecule has 1 aliphatic heterocycles. The maximum absolute atomic E-state index is 12.1. The number of anilines is 2. The zero-order valence-electron chi connectivity index (χ0n) is 12.5. The predicted molar refractivity (Wildman–Crippen MR) is 91.6 cm³/mol. The van der Waals surface area contributed by atoms with Gasteiger partial charge in [0.05, 0.1) is 18.5 Å². The fourth-order valence-electron chi connectivity index (χ4n) is 2.29. The molecule has 0 aliphatic carbocycles. The van der Waals surface area contributed by atoms with E-state index < -0.39 is 0 Å². The highest BCUT2D eigenvalue weighted by atomic mass is 79.9. The van der Waals surface area contributed by atoms with E-state index in [1.165, 1.54) is 6.20 Å². The molecule has 1 saturated heterocycles. The van der Waals surface area contributed by atoms with Gasteiger partial charge in [-0.05, 0) is 37.1 Å². The zero-order chi connectivity index (χ0) is 16.1. The number of nitrogens with zero attached hydrogens (tertiary/aromatic N) is 2. The number of carbonyl (C=O) groups is 1. The van der Waals surface area contributed by atoms with Crippen LogP contribution in [0.1, 0.15) is 23.3 Å². The molecule has 120 valence electrons. The first kappa shape index (κ1) is 15.9. The van der Waals surface area contributed by atoms with E-state index in [2.05, 4.69) is 36.5 Å². The summed E-state index contributed by atoms with van der Waals surface area (Å²) in [5.74, 6) is 0.353. The molecule has 1 fully saturated rings. The van der Waals surface area contributed by atoms with Crippen LogP contribution in [-0.4, -0.2) is 35.1 Å². The van der Waals surface area contributed by atoms with Gasteiger partial charge in [0.1, 0.15) is 11.5 Å². The number of nitrogens with one attached hydrogen (secondary N) is 2. The number of ether oxygens (including phenoxy) is 1. The maximum Gasteiger partial charge on any atom is 0.275 e. The molecular formula is C16H17BrN4O2. The third kappa shape index (κ3) is 4.49. The number of hydrogen-bond donors (Lipinski definition) is 2. The minimum atomic E-state index is -0.287. The third-order valence-corrected chi connectivity index (χ3v) is 4.05. The normalized spacial score (nSPS) is 17.0. The molecule has 0 bridgehead atoms. The summed E-state index contributed by atoms with van der Waals surface area (Å²) in [4.78, 5) is 20.5. The summed E-state index contributed by atoms with van der Waals surface area (Å²) in [6.07, 6.45) is 5.43. The van der Waals surface area contributed by atoms with Gasteiger partial charge in [0.15, 0.2) is 0 Å². The summed E-state index contributed by atoms with van der Waals surface area (Å²) in [7, 11) is 0. The van der Waals surface area contributed by atoms with Crippen LogP contribution in [0.25, 0.3) is 0 Å². The Morgan fingerprint density at radius 3 is 2.74 bits per heavy atom. The van der Waals surface area contributed by atoms with Crippen molar-refractivity contribution in [2.24, 2.45) is 0 Å². The van der Waals surface area contributed by atoms with Crippen LogP contribution in [0.15, 0.2) is 41.1 Å². The van der Waals surface area contributed by atoms with Gasteiger partial charge in [-0.1, -0.05) is 15.9 Å². The summed E-state index contributed by atoms with van der Waals surface area (Å²) < 4.78 is 6.49. The van der Waals surface area contributed by atoms with Crippen molar-refractivity contribution < 1.29 is 9.53 Å². The smallest absolute Gasteiger partial charge is 0.275 e. The van der Waals surface area contributed by atoms with E-state index in [4.69, 9.17) is 4.74 Å². The molecule has 1 unspecified atom stereocenters. The van der Waals surface area contributed by atoms with Crippen molar-refractivity contribution >= 4 is 33.3 Å². The first-order chi connectivity index (χ1) is 11.2. The van der Waals surface area contributed by atoms with E-state index in [-0.39, 0.29) is 17.7 Å². The van der Waals surface area contributed by atoms with E-state index in [0.29, 0.717) is 18.1 Å². The highest BCUT2D eigenvalue weighted by molar-refractivity contribution is 9.10. The quantitative estimate of drug-likeness (QED) is 0.838. The Hall–Kier alpha value is -1.99. The predicted octanol–water partition coefficient (Wildman–Crippen LogP) is 3.08. The third-order valence-electron chi connectivity index (χ3n) is 3.52. The molecule has 0 spiro atoms. The molecule has 1 aliphatic rings. The monoisotopic (exact) mass is 376 g/mol. The van der Waals surface area contributed by atoms with Crippen LogP contribution in [-0.2, 0) is 4.74 Å². The lowest BCUT2D eigenvalue weighted by Crippen LogP contribution is -2.19. The Balaban J connectivity index is 1.55. The number of halogens is 1. The van der Waals surface area contributed by atoms with Crippen LogP contribution in [0.3, 0.4) is 0 Å². The Bertz CT molecular complexity index is 655. The largest absolute Gasteiger partial charge is 0.376 e. The van der Waals surface area contributed by atoms with Gasteiger partial charge in [-0.25, -0.2) is 9.97 Å². The first-order valence-corrected chi connectivity index (χ1v) is 8.24. The molecule has 2 N–H and O–H groups in total. The second-order valence-corrected chi connectivity index (χ2v) is 6.18. The van der Waals surface area contributed by atoms with Gasteiger partial charge in [0.25, 0.3) is 5.91 Å². The molecule has 23 heavy (non-hydrogen) atoms. The number of aromatic nitrogens is 2. The number of rotatable bonds is 5. The molecule has 1 amide bonds. The number of hydrogen-bond acceptors (Lipinski definition) is 5. The molecule has 3 rings (SSSR count). The number of benzene rings is 1. The fraction of sp³-hybridized carbons (Fsp3) is 0.312. The van der Waals surface area contributed by atoms with E-state index in [0.717, 1.165) is 23.9 Å². The van der Waals surface area contributed by atoms with Crippen molar-refractivity contribution in [3.8, 4) is 0 Å². The molecule has 1 aromatic carbocycles. The molecule has 0 radical (unpaired) electrons. The summed E-state index contributed by atoms with van der Waals surface area (Å²) in [6.45, 7) is 1.53. The van der Waals surface area contributed by atoms with Gasteiger partial charge < -0.3 is 15.4 Å². The molecule has 2 aromatic rings. The highest BCUT2D eigenvalue weighted by Crippen LogP contribution is 2.15. The SMILES string of the molecule is O=C(Nc1ccc(Br)cc1)c1cnc(NCC2CCCO2)cn1. The Morgan fingerprint density at radius 2 is 2.09 bits per heavy atom. The maximum atomic E-state index is 12.1. The second kappa shape index (κ2) is 7.52. The van der Waals surface area contributed by atoms with Gasteiger partial charge >= 0.3 is 0 Å². The van der Waals surface area contributed by atoms with Gasteiger partial charge in [-0.15, -0.1) is 0 Å². The summed E-state index contributed by atoms with van der Waals surface area (Å²) >= 11 is 3.35. The lowest BCUT2D eigenvalue weighted by molar-refractivity contribution is 0.102. The molecule has 7 heteroatoms. The standard InChI is InChI=1S/C16H17BrN4O2/c17-11-3-5-12(6-4-11)21-16(22)14-9-20-15(10-18-14)19-8-13-2-1-7-23-13/h3-6,9-10,13H,1-2,7-8H2,(H,19,20)(H,21,22). The Kier molecular flexibility index (Phi) is 5.19. The summed E-state index contributed by atoms with van der Waals surface area (Å²) in [6, 6.07) is 7.35. The van der Waals surface area contributed by atoms with E-state index in [1.54, 1.807) is 6.20 Å². The Morgan fingerprint density at radius 1 is 1.26 bits per heavy atom. The fourth-order valence-corrected chi connectivity index (χ4v) is 2.55. The molecular weight excluding hydrogens is 360 g/mol. The van der Waals surface area contributed by atoms with Crippen molar-refractivity contribution in [3.63, 3.8) is 0 Å². The summed E-state index contributed by atoms with van der Waals surface area (Å²) in [5.41, 5.74) is 0.983. The summed E-state index contributed by atoms with van der Waals surface area (Å²) in [5, 5.41) is 5.95. The second-order valence-electron chi connectivity index (χ2n) is 5.26. The number of carbonyl (C=O) groups excluding carboxylic acids is 1. The lowest BCUT2D eigenvalue weighted by atomic mass is 10.2. The van der Waals surface area contributed by atoms with E-state index in [9.17, 15) is 4.79 Å². The van der Waals surface area contributed by atoms with Crippen molar-refractivity contribution in [2.45, 2.75) is 18.9 Å². The van der Waals surface area contributed by atoms with E-state index in [1.807, 2.05) is 24.3 Å². The molecule has 6 nitrogen and oxygen atoms in total. The molecule has 1 atom stereocenters. The number of amides is 1. The van der Waals surface area contributed by atoms with Crippen molar-refractivity contribution in [1.29, 1.82) is 0 Å². The van der Waals surface area contributed by atoms with Crippen LogP contribution >= 0.6 is 15.9 Å². The van der Waals surface area contributed by atoms with Crippen molar-refractivity contribution in [2.75, 3.05) is 23.8 Å². The zero-order valence-corrected chi connectivity index (χ0v) is 14.0. The van der Waals surface area contributed by atoms with Crippen LogP contribution < -0.4 is 10.6 Å². The van der Waals surface area contributed by atoms with Gasteiger partial charge in [0, 0.05) is 23.3 Å². The van der Waals surface area contributed by atoms with Gasteiger partial charge in [0.2, 0.25) is 0 Å². The first-order valence-electron chi connectivity index (χ1n) is 7.45. The Labute approximate surface area is 142 Å². The average Bonchev–Trinajstić information content (AvgIpc) is 3.09. The van der Waals surface area contributed by atoms with Crippen molar-refractivity contribution in [3.05, 3.63) is 46.8 Å². The lowest BCUT2D eigenvalue weighted by Gasteiger charge is -2.11. The van der Waals surface area contributed by atoms with Crippen LogP contribution in [0.5, 0.6) is 0 Å². The van der Waals surface area contributed by atoms with Crippen LogP contribution in [0, 0.1) is 0 Å². The minimum absolute atomic E-state index is 0.233.